The summed E-state index contributed by atoms with van der Waals surface area (Å²) in [5.41, 5.74) is 3.08. The average Bonchev–Trinajstić information content (AvgIpc) is 2.86. The zero-order valence-electron chi connectivity index (χ0n) is 12.9. The Kier molecular flexibility index (Phi) is 4.22. The number of nitrogens with zero attached hydrogens (tertiary/aromatic N) is 2. The molecule has 0 radical (unpaired) electrons. The van der Waals surface area contributed by atoms with E-state index in [1.807, 2.05) is 50.4 Å². The van der Waals surface area contributed by atoms with Gasteiger partial charge in [-0.05, 0) is 31.7 Å². The van der Waals surface area contributed by atoms with Crippen molar-refractivity contribution in [3.8, 4) is 0 Å². The Hall–Kier alpha value is -2.17. The van der Waals surface area contributed by atoms with Crippen LogP contribution in [0.2, 0.25) is 0 Å². The van der Waals surface area contributed by atoms with Gasteiger partial charge < -0.3 is 15.0 Å². The number of nitrogens with one attached hydrogen (secondary N) is 1. The molecule has 0 bridgehead atoms. The molecular formula is C18H21N3O. The highest BCUT2D eigenvalue weighted by molar-refractivity contribution is 5.76. The summed E-state index contributed by atoms with van der Waals surface area (Å²) in [4.78, 5) is 4.63. The number of benzene rings is 2. The lowest BCUT2D eigenvalue weighted by Crippen LogP contribution is -2.34. The van der Waals surface area contributed by atoms with E-state index < -0.39 is 6.10 Å². The standard InChI is InChI=1S/C18H21N3O/c1-13-20-15-10-6-7-11-16(15)21(13)18(17(22)12-19-2)14-8-4-3-5-9-14/h3-11,17-19,22H,12H2,1-2H3/t17-,18+/m1/s1. The predicted molar refractivity (Wildman–Crippen MR) is 89.0 cm³/mol. The van der Waals surface area contributed by atoms with Gasteiger partial charge in [0.2, 0.25) is 0 Å². The SMILES string of the molecule is CNC[C@@H](O)[C@H](c1ccccc1)n1c(C)nc2ccccc21. The Morgan fingerprint density at radius 2 is 1.77 bits per heavy atom. The molecule has 2 aromatic carbocycles. The molecule has 4 heteroatoms. The number of fused-ring (bicyclic) bond motifs is 1. The summed E-state index contributed by atoms with van der Waals surface area (Å²) in [6, 6.07) is 18.0. The van der Waals surface area contributed by atoms with Crippen LogP contribution in [0.4, 0.5) is 0 Å². The van der Waals surface area contributed by atoms with Gasteiger partial charge in [0.1, 0.15) is 5.82 Å². The number of imidazole rings is 1. The molecule has 3 aromatic rings. The van der Waals surface area contributed by atoms with Crippen LogP contribution in [0.1, 0.15) is 17.4 Å². The minimum Gasteiger partial charge on any atom is -0.389 e. The van der Waals surface area contributed by atoms with Gasteiger partial charge in [-0.15, -0.1) is 0 Å². The molecule has 0 saturated heterocycles. The number of aromatic nitrogens is 2. The van der Waals surface area contributed by atoms with E-state index in [1.165, 1.54) is 0 Å². The van der Waals surface area contributed by atoms with Crippen molar-refractivity contribution in [2.45, 2.75) is 19.1 Å². The summed E-state index contributed by atoms with van der Waals surface area (Å²) in [7, 11) is 1.85. The summed E-state index contributed by atoms with van der Waals surface area (Å²) < 4.78 is 2.13. The van der Waals surface area contributed by atoms with E-state index >= 15 is 0 Å². The first-order chi connectivity index (χ1) is 10.7. The Bertz CT molecular complexity index is 751. The van der Waals surface area contributed by atoms with E-state index in [9.17, 15) is 5.11 Å². The van der Waals surface area contributed by atoms with Crippen molar-refractivity contribution >= 4 is 11.0 Å². The second kappa shape index (κ2) is 6.30. The third-order valence-electron chi connectivity index (χ3n) is 3.97. The first-order valence-corrected chi connectivity index (χ1v) is 7.53. The van der Waals surface area contributed by atoms with Crippen LogP contribution in [0.15, 0.2) is 54.6 Å². The number of para-hydroxylation sites is 2. The molecular weight excluding hydrogens is 274 g/mol. The van der Waals surface area contributed by atoms with Gasteiger partial charge >= 0.3 is 0 Å². The highest BCUT2D eigenvalue weighted by Gasteiger charge is 2.25. The minimum absolute atomic E-state index is 0.166. The van der Waals surface area contributed by atoms with Gasteiger partial charge in [0.25, 0.3) is 0 Å². The number of likely N-dealkylation sites (N-methyl/N-ethyl adjacent to an activating group) is 1. The van der Waals surface area contributed by atoms with Crippen LogP contribution in [0.5, 0.6) is 0 Å². The summed E-state index contributed by atoms with van der Waals surface area (Å²) in [6.07, 6.45) is -0.538. The molecule has 114 valence electrons. The van der Waals surface area contributed by atoms with Crippen LogP contribution < -0.4 is 5.32 Å². The molecule has 0 aliphatic heterocycles. The van der Waals surface area contributed by atoms with Gasteiger partial charge in [0, 0.05) is 6.54 Å². The van der Waals surface area contributed by atoms with Crippen molar-refractivity contribution in [1.29, 1.82) is 0 Å². The van der Waals surface area contributed by atoms with Crippen LogP contribution in [0, 0.1) is 6.92 Å². The van der Waals surface area contributed by atoms with Gasteiger partial charge in [-0.3, -0.25) is 0 Å². The highest BCUT2D eigenvalue weighted by Crippen LogP contribution is 2.28. The van der Waals surface area contributed by atoms with E-state index in [2.05, 4.69) is 33.1 Å². The molecule has 1 heterocycles. The van der Waals surface area contributed by atoms with E-state index in [1.54, 1.807) is 0 Å². The number of aryl methyl sites for hydroxylation is 1. The second-order valence-corrected chi connectivity index (χ2v) is 5.50. The third kappa shape index (κ3) is 2.63. The summed E-state index contributed by atoms with van der Waals surface area (Å²) >= 11 is 0. The maximum Gasteiger partial charge on any atom is 0.107 e. The first-order valence-electron chi connectivity index (χ1n) is 7.53. The fraction of sp³-hybridized carbons (Fsp3) is 0.278. The van der Waals surface area contributed by atoms with Gasteiger partial charge in [-0.25, -0.2) is 4.98 Å². The van der Waals surface area contributed by atoms with E-state index in [0.29, 0.717) is 6.54 Å². The highest BCUT2D eigenvalue weighted by atomic mass is 16.3. The van der Waals surface area contributed by atoms with E-state index in [4.69, 9.17) is 0 Å². The number of hydrogen-bond acceptors (Lipinski definition) is 3. The molecule has 0 unspecified atom stereocenters. The lowest BCUT2D eigenvalue weighted by molar-refractivity contribution is 0.131. The van der Waals surface area contributed by atoms with Gasteiger partial charge in [-0.1, -0.05) is 42.5 Å². The second-order valence-electron chi connectivity index (χ2n) is 5.50. The topological polar surface area (TPSA) is 50.1 Å². The van der Waals surface area contributed by atoms with Crippen molar-refractivity contribution in [2.24, 2.45) is 0 Å². The smallest absolute Gasteiger partial charge is 0.107 e. The molecule has 0 saturated carbocycles. The number of hydrogen-bond donors (Lipinski definition) is 2. The number of aliphatic hydroxyl groups is 1. The molecule has 2 atom stereocenters. The van der Waals surface area contributed by atoms with Crippen molar-refractivity contribution < 1.29 is 5.11 Å². The first kappa shape index (κ1) is 14.8. The number of rotatable bonds is 5. The van der Waals surface area contributed by atoms with Crippen LogP contribution in [0.25, 0.3) is 11.0 Å². The Morgan fingerprint density at radius 1 is 1.09 bits per heavy atom. The zero-order chi connectivity index (χ0) is 15.5. The Morgan fingerprint density at radius 3 is 2.50 bits per heavy atom. The average molecular weight is 295 g/mol. The summed E-state index contributed by atoms with van der Waals surface area (Å²) in [5, 5.41) is 13.8. The molecule has 0 aliphatic rings. The predicted octanol–water partition coefficient (Wildman–Crippen LogP) is 2.51. The monoisotopic (exact) mass is 295 g/mol. The van der Waals surface area contributed by atoms with Crippen molar-refractivity contribution in [3.63, 3.8) is 0 Å². The molecule has 4 nitrogen and oxygen atoms in total. The van der Waals surface area contributed by atoms with E-state index in [0.717, 1.165) is 22.4 Å². The lowest BCUT2D eigenvalue weighted by atomic mass is 10.0. The normalized spacial score (nSPS) is 14.1. The van der Waals surface area contributed by atoms with Crippen LogP contribution in [-0.2, 0) is 0 Å². The van der Waals surface area contributed by atoms with Crippen molar-refractivity contribution in [2.75, 3.05) is 13.6 Å². The summed E-state index contributed by atoms with van der Waals surface area (Å²) in [5.74, 6) is 0.908. The van der Waals surface area contributed by atoms with Crippen LogP contribution >= 0.6 is 0 Å². The molecule has 2 N–H and O–H groups in total. The maximum atomic E-state index is 10.7. The molecule has 0 spiro atoms. The van der Waals surface area contributed by atoms with Crippen LogP contribution in [-0.4, -0.2) is 34.4 Å². The minimum atomic E-state index is -0.538. The van der Waals surface area contributed by atoms with Gasteiger partial charge in [-0.2, -0.15) is 0 Å². The zero-order valence-corrected chi connectivity index (χ0v) is 12.9. The quantitative estimate of drug-likeness (QED) is 0.760. The molecule has 22 heavy (non-hydrogen) atoms. The fourth-order valence-electron chi connectivity index (χ4n) is 3.03. The third-order valence-corrected chi connectivity index (χ3v) is 3.97. The summed E-state index contributed by atoms with van der Waals surface area (Å²) in [6.45, 7) is 2.51. The van der Waals surface area contributed by atoms with Gasteiger partial charge in [0.05, 0.1) is 23.2 Å². The largest absolute Gasteiger partial charge is 0.389 e. The maximum absolute atomic E-state index is 10.7. The molecule has 0 amide bonds. The molecule has 3 rings (SSSR count). The van der Waals surface area contributed by atoms with Crippen molar-refractivity contribution in [1.82, 2.24) is 14.9 Å². The van der Waals surface area contributed by atoms with Crippen LogP contribution in [0.3, 0.4) is 0 Å². The van der Waals surface area contributed by atoms with E-state index in [-0.39, 0.29) is 6.04 Å². The Labute approximate surface area is 130 Å². The molecule has 0 aliphatic carbocycles. The number of aliphatic hydroxyl groups excluding tert-OH is 1. The van der Waals surface area contributed by atoms with Gasteiger partial charge in [0.15, 0.2) is 0 Å². The Balaban J connectivity index is 2.18. The van der Waals surface area contributed by atoms with Crippen molar-refractivity contribution in [3.05, 3.63) is 66.0 Å². The molecule has 0 fully saturated rings. The lowest BCUT2D eigenvalue weighted by Gasteiger charge is -2.26. The molecule has 1 aromatic heterocycles. The fourth-order valence-corrected chi connectivity index (χ4v) is 3.03.